The topological polar surface area (TPSA) is 40.5 Å². The van der Waals surface area contributed by atoms with Gasteiger partial charge in [0.25, 0.3) is 5.91 Å². The lowest BCUT2D eigenvalue weighted by atomic mass is 9.96. The Morgan fingerprint density at radius 2 is 2.33 bits per heavy atom. The second-order valence-electron chi connectivity index (χ2n) is 5.15. The predicted molar refractivity (Wildman–Crippen MR) is 74.1 cm³/mol. The molecule has 1 fully saturated rings. The molecule has 0 spiro atoms. The number of likely N-dealkylation sites (tertiary alicyclic amines) is 1. The van der Waals surface area contributed by atoms with Gasteiger partial charge >= 0.3 is 0 Å². The van der Waals surface area contributed by atoms with Crippen LogP contribution < -0.4 is 0 Å². The summed E-state index contributed by atoms with van der Waals surface area (Å²) >= 11 is 1.61. The molecule has 0 saturated carbocycles. The van der Waals surface area contributed by atoms with Gasteiger partial charge in [-0.1, -0.05) is 13.8 Å². The van der Waals surface area contributed by atoms with Gasteiger partial charge in [0.05, 0.1) is 11.0 Å². The highest BCUT2D eigenvalue weighted by Gasteiger charge is 2.28. The monoisotopic (exact) mass is 267 g/mol. The van der Waals surface area contributed by atoms with Gasteiger partial charge in [-0.3, -0.25) is 4.79 Å². The highest BCUT2D eigenvalue weighted by Crippen LogP contribution is 2.25. The van der Waals surface area contributed by atoms with Crippen molar-refractivity contribution < 1.29 is 9.90 Å². The van der Waals surface area contributed by atoms with Crippen molar-refractivity contribution in [3.63, 3.8) is 0 Å². The van der Waals surface area contributed by atoms with Gasteiger partial charge in [-0.05, 0) is 37.3 Å². The van der Waals surface area contributed by atoms with Crippen LogP contribution in [0.5, 0.6) is 0 Å². The fraction of sp³-hybridized carbons (Fsp3) is 0.643. The van der Waals surface area contributed by atoms with Crippen molar-refractivity contribution in [2.75, 3.05) is 13.1 Å². The van der Waals surface area contributed by atoms with Gasteiger partial charge in [-0.25, -0.2) is 0 Å². The number of aliphatic hydroxyl groups is 1. The first-order valence-electron chi connectivity index (χ1n) is 6.59. The fourth-order valence-corrected chi connectivity index (χ4v) is 3.53. The van der Waals surface area contributed by atoms with Crippen molar-refractivity contribution in [1.29, 1.82) is 0 Å². The van der Waals surface area contributed by atoms with Crippen molar-refractivity contribution in [1.82, 2.24) is 4.90 Å². The molecule has 1 saturated heterocycles. The average Bonchev–Trinajstić information content (AvgIpc) is 2.73. The van der Waals surface area contributed by atoms with Crippen molar-refractivity contribution >= 4 is 17.2 Å². The van der Waals surface area contributed by atoms with E-state index in [2.05, 4.69) is 13.8 Å². The minimum Gasteiger partial charge on any atom is -0.393 e. The van der Waals surface area contributed by atoms with Crippen LogP contribution in [0.15, 0.2) is 6.07 Å². The van der Waals surface area contributed by atoms with E-state index >= 15 is 0 Å². The van der Waals surface area contributed by atoms with Gasteiger partial charge < -0.3 is 10.0 Å². The summed E-state index contributed by atoms with van der Waals surface area (Å²) in [5.41, 5.74) is 1.22. The second-order valence-corrected chi connectivity index (χ2v) is 6.29. The molecule has 0 aromatic carbocycles. The zero-order valence-corrected chi connectivity index (χ0v) is 12.1. The van der Waals surface area contributed by atoms with Crippen LogP contribution in [0, 0.1) is 12.8 Å². The molecular formula is C14H21NO2S. The molecule has 0 aliphatic carbocycles. The van der Waals surface area contributed by atoms with Crippen LogP contribution in [-0.4, -0.2) is 35.1 Å². The standard InChI is InChI=1S/C14H21NO2S/c1-4-12-9(2)7-13(18-12)14(17)15-6-5-11(16)10(3)8-15/h7,10-11,16H,4-6,8H2,1-3H3. The summed E-state index contributed by atoms with van der Waals surface area (Å²) in [4.78, 5) is 16.4. The van der Waals surface area contributed by atoms with E-state index in [1.807, 2.05) is 17.9 Å². The van der Waals surface area contributed by atoms with Gasteiger partial charge in [0.2, 0.25) is 0 Å². The Bertz CT molecular complexity index is 441. The van der Waals surface area contributed by atoms with E-state index in [-0.39, 0.29) is 17.9 Å². The van der Waals surface area contributed by atoms with Crippen LogP contribution in [0.3, 0.4) is 0 Å². The molecule has 1 aromatic rings. The van der Waals surface area contributed by atoms with Gasteiger partial charge in [0.1, 0.15) is 0 Å². The Balaban J connectivity index is 2.11. The summed E-state index contributed by atoms with van der Waals surface area (Å²) in [6, 6.07) is 2.00. The lowest BCUT2D eigenvalue weighted by Gasteiger charge is -2.34. The summed E-state index contributed by atoms with van der Waals surface area (Å²) in [6.45, 7) is 7.52. The number of hydrogen-bond donors (Lipinski definition) is 1. The highest BCUT2D eigenvalue weighted by atomic mass is 32.1. The van der Waals surface area contributed by atoms with Crippen LogP contribution in [0.2, 0.25) is 0 Å². The van der Waals surface area contributed by atoms with E-state index in [1.165, 1.54) is 10.4 Å². The molecule has 100 valence electrons. The van der Waals surface area contributed by atoms with Crippen molar-refractivity contribution in [2.45, 2.75) is 39.7 Å². The SMILES string of the molecule is CCc1sc(C(=O)N2CCC(O)C(C)C2)cc1C. The summed E-state index contributed by atoms with van der Waals surface area (Å²) in [5, 5.41) is 9.70. The molecule has 1 aliphatic heterocycles. The third-order valence-corrected chi connectivity index (χ3v) is 5.07. The maximum absolute atomic E-state index is 12.4. The number of rotatable bonds is 2. The van der Waals surface area contributed by atoms with E-state index in [4.69, 9.17) is 0 Å². The first-order valence-corrected chi connectivity index (χ1v) is 7.41. The maximum atomic E-state index is 12.4. The lowest BCUT2D eigenvalue weighted by Crippen LogP contribution is -2.44. The molecule has 4 heteroatoms. The van der Waals surface area contributed by atoms with Crippen molar-refractivity contribution in [3.8, 4) is 0 Å². The molecule has 1 amide bonds. The Morgan fingerprint density at radius 1 is 1.61 bits per heavy atom. The van der Waals surface area contributed by atoms with Gasteiger partial charge in [0.15, 0.2) is 0 Å². The molecule has 2 unspecified atom stereocenters. The summed E-state index contributed by atoms with van der Waals surface area (Å²) in [5.74, 6) is 0.302. The number of nitrogens with zero attached hydrogens (tertiary/aromatic N) is 1. The van der Waals surface area contributed by atoms with Crippen molar-refractivity contribution in [2.24, 2.45) is 5.92 Å². The van der Waals surface area contributed by atoms with E-state index < -0.39 is 0 Å². The van der Waals surface area contributed by atoms with Crippen LogP contribution in [0.1, 0.15) is 40.4 Å². The first-order chi connectivity index (χ1) is 8.52. The molecule has 2 atom stereocenters. The molecule has 18 heavy (non-hydrogen) atoms. The zero-order valence-electron chi connectivity index (χ0n) is 11.3. The molecular weight excluding hydrogens is 246 g/mol. The van der Waals surface area contributed by atoms with Crippen LogP contribution in [-0.2, 0) is 6.42 Å². The molecule has 3 nitrogen and oxygen atoms in total. The Labute approximate surface area is 112 Å². The smallest absolute Gasteiger partial charge is 0.263 e. The number of carbonyl (C=O) groups is 1. The minimum atomic E-state index is -0.259. The number of piperidine rings is 1. The molecule has 2 rings (SSSR count). The molecule has 0 radical (unpaired) electrons. The number of aryl methyl sites for hydroxylation is 2. The Morgan fingerprint density at radius 3 is 2.89 bits per heavy atom. The van der Waals surface area contributed by atoms with Gasteiger partial charge in [-0.2, -0.15) is 0 Å². The van der Waals surface area contributed by atoms with Crippen LogP contribution in [0.4, 0.5) is 0 Å². The Hall–Kier alpha value is -0.870. The van der Waals surface area contributed by atoms with E-state index in [1.54, 1.807) is 11.3 Å². The molecule has 2 heterocycles. The fourth-order valence-electron chi connectivity index (χ4n) is 2.45. The molecule has 0 bridgehead atoms. The van der Waals surface area contributed by atoms with Crippen LogP contribution in [0.25, 0.3) is 0 Å². The normalized spacial score (nSPS) is 24.3. The predicted octanol–water partition coefficient (Wildman–Crippen LogP) is 2.46. The second kappa shape index (κ2) is 5.41. The number of thiophene rings is 1. The third kappa shape index (κ3) is 2.59. The van der Waals surface area contributed by atoms with E-state index in [0.29, 0.717) is 19.5 Å². The lowest BCUT2D eigenvalue weighted by molar-refractivity contribution is 0.0300. The number of carbonyl (C=O) groups excluding carboxylic acids is 1. The Kier molecular flexibility index (Phi) is 4.07. The number of amides is 1. The average molecular weight is 267 g/mol. The molecule has 1 aliphatic rings. The van der Waals surface area contributed by atoms with Crippen molar-refractivity contribution in [3.05, 3.63) is 21.4 Å². The van der Waals surface area contributed by atoms with Gasteiger partial charge in [-0.15, -0.1) is 11.3 Å². The zero-order chi connectivity index (χ0) is 13.3. The summed E-state index contributed by atoms with van der Waals surface area (Å²) < 4.78 is 0. The quantitative estimate of drug-likeness (QED) is 0.894. The summed E-state index contributed by atoms with van der Waals surface area (Å²) in [7, 11) is 0. The van der Waals surface area contributed by atoms with Gasteiger partial charge in [0, 0.05) is 18.0 Å². The van der Waals surface area contributed by atoms with Crippen LogP contribution >= 0.6 is 11.3 Å². The minimum absolute atomic E-state index is 0.126. The number of hydrogen-bond acceptors (Lipinski definition) is 3. The summed E-state index contributed by atoms with van der Waals surface area (Å²) in [6.07, 6.45) is 1.42. The highest BCUT2D eigenvalue weighted by molar-refractivity contribution is 7.14. The molecule has 1 N–H and O–H groups in total. The molecule has 1 aromatic heterocycles. The first kappa shape index (κ1) is 13.6. The number of aliphatic hydroxyl groups excluding tert-OH is 1. The maximum Gasteiger partial charge on any atom is 0.263 e. The van der Waals surface area contributed by atoms with E-state index in [0.717, 1.165) is 11.3 Å². The largest absolute Gasteiger partial charge is 0.393 e. The third-order valence-electron chi connectivity index (χ3n) is 3.70. The van der Waals surface area contributed by atoms with E-state index in [9.17, 15) is 9.90 Å².